The Balaban J connectivity index is 2.84. The molecule has 0 fully saturated rings. The van der Waals surface area contributed by atoms with Crippen LogP contribution in [0.2, 0.25) is 0 Å². The van der Waals surface area contributed by atoms with Gasteiger partial charge in [-0.15, -0.1) is 11.3 Å². The molecule has 1 atom stereocenters. The Bertz CT molecular complexity index is 409. The zero-order chi connectivity index (χ0) is 11.5. The lowest BCUT2D eigenvalue weighted by molar-refractivity contribution is 0.254. The number of hydrogen-bond acceptors (Lipinski definition) is 5. The molecule has 86 valence electrons. The van der Waals surface area contributed by atoms with Gasteiger partial charge in [0.15, 0.2) is 4.21 Å². The van der Waals surface area contributed by atoms with E-state index < -0.39 is 16.1 Å². The van der Waals surface area contributed by atoms with Crippen molar-refractivity contribution in [2.75, 3.05) is 6.61 Å². The highest BCUT2D eigenvalue weighted by Gasteiger charge is 2.20. The van der Waals surface area contributed by atoms with Crippen LogP contribution in [0.4, 0.5) is 0 Å². The van der Waals surface area contributed by atoms with E-state index >= 15 is 0 Å². The average Bonchev–Trinajstić information content (AvgIpc) is 2.62. The van der Waals surface area contributed by atoms with Gasteiger partial charge in [0.05, 0.1) is 17.8 Å². The van der Waals surface area contributed by atoms with Crippen LogP contribution in [0.15, 0.2) is 10.4 Å². The number of hydrogen-bond donors (Lipinski definition) is 2. The van der Waals surface area contributed by atoms with Crippen LogP contribution in [0, 0.1) is 6.92 Å². The Labute approximate surface area is 93.2 Å². The first-order valence-electron chi connectivity index (χ1n) is 4.55. The summed E-state index contributed by atoms with van der Waals surface area (Å²) in [6, 6.07) is -0.433. The van der Waals surface area contributed by atoms with Gasteiger partial charge >= 0.3 is 0 Å². The van der Waals surface area contributed by atoms with Crippen molar-refractivity contribution in [3.05, 3.63) is 11.2 Å². The normalized spacial score (nSPS) is 14.1. The topological polar surface area (TPSA) is 79.3 Å². The monoisotopic (exact) mass is 250 g/mol. The van der Waals surface area contributed by atoms with Crippen molar-refractivity contribution in [1.82, 2.24) is 9.71 Å². The average molecular weight is 250 g/mol. The molecule has 0 radical (unpaired) electrons. The van der Waals surface area contributed by atoms with E-state index in [-0.39, 0.29) is 10.8 Å². The Hall–Kier alpha value is -0.500. The van der Waals surface area contributed by atoms with E-state index in [1.165, 1.54) is 6.20 Å². The Morgan fingerprint density at radius 1 is 1.67 bits per heavy atom. The lowest BCUT2D eigenvalue weighted by Gasteiger charge is -2.12. The van der Waals surface area contributed by atoms with Crippen LogP contribution >= 0.6 is 11.3 Å². The minimum atomic E-state index is -3.52. The number of aliphatic hydroxyl groups is 1. The molecule has 2 N–H and O–H groups in total. The maximum atomic E-state index is 11.7. The smallest absolute Gasteiger partial charge is 0.252 e. The van der Waals surface area contributed by atoms with Gasteiger partial charge < -0.3 is 5.11 Å². The molecule has 0 unspecified atom stereocenters. The fraction of sp³-hybridized carbons (Fsp3) is 0.625. The number of sulfonamides is 1. The number of thiazole rings is 1. The van der Waals surface area contributed by atoms with Gasteiger partial charge in [-0.25, -0.2) is 18.1 Å². The first kappa shape index (κ1) is 12.6. The van der Waals surface area contributed by atoms with Crippen molar-refractivity contribution >= 4 is 21.4 Å². The minimum Gasteiger partial charge on any atom is -0.395 e. The molecule has 0 saturated carbocycles. The molecule has 15 heavy (non-hydrogen) atoms. The van der Waals surface area contributed by atoms with Gasteiger partial charge in [0.2, 0.25) is 0 Å². The van der Waals surface area contributed by atoms with Gasteiger partial charge in [-0.1, -0.05) is 6.92 Å². The predicted octanol–water partition coefficient (Wildman–Crippen LogP) is 0.501. The number of aromatic nitrogens is 1. The SMILES string of the molecule is CC[C@H](CO)NS(=O)(=O)c1cnc(C)s1. The van der Waals surface area contributed by atoms with Crippen LogP contribution in [0.3, 0.4) is 0 Å². The summed E-state index contributed by atoms with van der Waals surface area (Å²) in [5, 5.41) is 9.60. The molecule has 1 aromatic rings. The molecule has 0 aromatic carbocycles. The summed E-state index contributed by atoms with van der Waals surface area (Å²) >= 11 is 1.11. The lowest BCUT2D eigenvalue weighted by atomic mass is 10.3. The third kappa shape index (κ3) is 3.23. The fourth-order valence-corrected chi connectivity index (χ4v) is 3.43. The number of aryl methyl sites for hydroxylation is 1. The number of nitrogens with zero attached hydrogens (tertiary/aromatic N) is 1. The van der Waals surface area contributed by atoms with Crippen LogP contribution in [-0.4, -0.2) is 31.2 Å². The second-order valence-corrected chi connectivity index (χ2v) is 6.28. The molecule has 0 aliphatic carbocycles. The van der Waals surface area contributed by atoms with Gasteiger partial charge in [-0.2, -0.15) is 0 Å². The van der Waals surface area contributed by atoms with Crippen molar-refractivity contribution in [2.24, 2.45) is 0 Å². The molecule has 1 aromatic heterocycles. The Morgan fingerprint density at radius 2 is 2.33 bits per heavy atom. The molecule has 5 nitrogen and oxygen atoms in total. The van der Waals surface area contributed by atoms with Crippen LogP contribution in [0.5, 0.6) is 0 Å². The summed E-state index contributed by atoms with van der Waals surface area (Å²) in [6.45, 7) is 3.35. The summed E-state index contributed by atoms with van der Waals surface area (Å²) < 4.78 is 26.0. The summed E-state index contributed by atoms with van der Waals surface area (Å²) in [5.41, 5.74) is 0. The molecule has 0 aliphatic heterocycles. The molecule has 0 saturated heterocycles. The summed E-state index contributed by atoms with van der Waals surface area (Å²) in [6.07, 6.45) is 1.87. The van der Waals surface area contributed by atoms with Crippen LogP contribution in [0.25, 0.3) is 0 Å². The maximum Gasteiger partial charge on any atom is 0.252 e. The van der Waals surface area contributed by atoms with Gasteiger partial charge in [0.25, 0.3) is 10.0 Å². The fourth-order valence-electron chi connectivity index (χ4n) is 0.993. The van der Waals surface area contributed by atoms with Gasteiger partial charge in [-0.05, 0) is 13.3 Å². The highest BCUT2D eigenvalue weighted by Crippen LogP contribution is 2.17. The summed E-state index contributed by atoms with van der Waals surface area (Å²) in [5.74, 6) is 0. The largest absolute Gasteiger partial charge is 0.395 e. The number of rotatable bonds is 5. The molecular formula is C8H14N2O3S2. The molecule has 7 heteroatoms. The zero-order valence-corrected chi connectivity index (χ0v) is 10.2. The first-order chi connectivity index (χ1) is 6.99. The number of nitrogens with one attached hydrogen (secondary N) is 1. The van der Waals surface area contributed by atoms with Crippen molar-refractivity contribution in [3.63, 3.8) is 0 Å². The summed E-state index contributed by atoms with van der Waals surface area (Å²) in [4.78, 5) is 3.88. The minimum absolute atomic E-state index is 0.187. The molecule has 0 amide bonds. The van der Waals surface area contributed by atoms with Crippen molar-refractivity contribution in [3.8, 4) is 0 Å². The molecule has 1 heterocycles. The lowest BCUT2D eigenvalue weighted by Crippen LogP contribution is -2.36. The van der Waals surface area contributed by atoms with Gasteiger partial charge in [0, 0.05) is 6.04 Å². The maximum absolute atomic E-state index is 11.7. The quantitative estimate of drug-likeness (QED) is 0.797. The van der Waals surface area contributed by atoms with Crippen LogP contribution < -0.4 is 4.72 Å². The third-order valence-electron chi connectivity index (χ3n) is 1.90. The van der Waals surface area contributed by atoms with E-state index in [0.29, 0.717) is 11.4 Å². The van der Waals surface area contributed by atoms with Crippen LogP contribution in [0.1, 0.15) is 18.4 Å². The van der Waals surface area contributed by atoms with Gasteiger partial charge in [-0.3, -0.25) is 0 Å². The predicted molar refractivity (Wildman–Crippen MR) is 58.3 cm³/mol. The second-order valence-electron chi connectivity index (χ2n) is 3.11. The highest BCUT2D eigenvalue weighted by molar-refractivity contribution is 7.91. The molecule has 0 bridgehead atoms. The second kappa shape index (κ2) is 5.02. The third-order valence-corrected chi connectivity index (χ3v) is 4.79. The number of aliphatic hydroxyl groups excluding tert-OH is 1. The Morgan fingerprint density at radius 3 is 2.73 bits per heavy atom. The van der Waals surface area contributed by atoms with E-state index in [1.807, 2.05) is 0 Å². The van der Waals surface area contributed by atoms with Crippen molar-refractivity contribution < 1.29 is 13.5 Å². The van der Waals surface area contributed by atoms with E-state index in [9.17, 15) is 8.42 Å². The van der Waals surface area contributed by atoms with Crippen molar-refractivity contribution in [2.45, 2.75) is 30.5 Å². The molecule has 0 aliphatic rings. The molecular weight excluding hydrogens is 236 g/mol. The van der Waals surface area contributed by atoms with Crippen molar-refractivity contribution in [1.29, 1.82) is 0 Å². The van der Waals surface area contributed by atoms with Gasteiger partial charge in [0.1, 0.15) is 0 Å². The van der Waals surface area contributed by atoms with E-state index in [2.05, 4.69) is 9.71 Å². The Kier molecular flexibility index (Phi) is 4.21. The molecule has 1 rings (SSSR count). The van der Waals surface area contributed by atoms with E-state index in [0.717, 1.165) is 11.3 Å². The van der Waals surface area contributed by atoms with E-state index in [1.54, 1.807) is 13.8 Å². The zero-order valence-electron chi connectivity index (χ0n) is 8.60. The van der Waals surface area contributed by atoms with Crippen LogP contribution in [-0.2, 0) is 10.0 Å². The summed E-state index contributed by atoms with van der Waals surface area (Å²) in [7, 11) is -3.52. The van der Waals surface area contributed by atoms with E-state index in [4.69, 9.17) is 5.11 Å². The molecule has 0 spiro atoms. The highest BCUT2D eigenvalue weighted by atomic mass is 32.2. The first-order valence-corrected chi connectivity index (χ1v) is 6.85. The standard InChI is InChI=1S/C8H14N2O3S2/c1-3-7(5-11)10-15(12,13)8-4-9-6(2)14-8/h4,7,10-11H,3,5H2,1-2H3/t7-/m1/s1.